The van der Waals surface area contributed by atoms with Gasteiger partial charge in [0, 0.05) is 13.1 Å². The van der Waals surface area contributed by atoms with E-state index in [2.05, 4.69) is 34.6 Å². The van der Waals surface area contributed by atoms with E-state index in [4.69, 9.17) is 0 Å². The number of hydrogen-bond donors (Lipinski definition) is 2. The smallest absolute Gasteiger partial charge is 0.191 e. The molecule has 0 bridgehead atoms. The van der Waals surface area contributed by atoms with Crippen molar-refractivity contribution in [2.24, 2.45) is 4.99 Å². The highest BCUT2D eigenvalue weighted by Gasteiger charge is 1.98. The lowest BCUT2D eigenvalue weighted by Gasteiger charge is -2.13. The molecule has 0 spiro atoms. The van der Waals surface area contributed by atoms with Gasteiger partial charge in [-0.1, -0.05) is 12.1 Å². The van der Waals surface area contributed by atoms with Crippen LogP contribution < -0.4 is 10.6 Å². The zero-order valence-electron chi connectivity index (χ0n) is 13.0. The molecule has 0 unspecified atom stereocenters. The second-order valence-corrected chi connectivity index (χ2v) is 4.91. The molecule has 0 fully saturated rings. The topological polar surface area (TPSA) is 39.7 Å². The molecule has 120 valence electrons. The van der Waals surface area contributed by atoms with Crippen LogP contribution in [0.3, 0.4) is 0 Å². The minimum Gasteiger partial charge on any atom is -0.357 e. The predicted octanol–water partition coefficient (Wildman–Crippen LogP) is 2.45. The summed E-state index contributed by atoms with van der Waals surface area (Å²) in [4.78, 5) is 6.65. The van der Waals surface area contributed by atoms with Gasteiger partial charge >= 0.3 is 0 Å². The number of rotatable bonds is 7. The van der Waals surface area contributed by atoms with Crippen LogP contribution in [0.2, 0.25) is 0 Å². The zero-order valence-corrected chi connectivity index (χ0v) is 15.4. The minimum atomic E-state index is -0.216. The fraction of sp³-hybridized carbons (Fsp3) is 0.533. The standard InChI is InChI=1S/C15H25FN4.HI/c1-4-17-15(18-10-5-11-20(2)3)19-12-13-6-8-14(16)9-7-13;/h6-9H,4-5,10-12H2,1-3H3,(H2,17,18,19);1H. The van der Waals surface area contributed by atoms with Crippen molar-refractivity contribution in [3.8, 4) is 0 Å². The predicted molar refractivity (Wildman–Crippen MR) is 97.8 cm³/mol. The molecule has 1 aromatic carbocycles. The quantitative estimate of drug-likeness (QED) is 0.315. The van der Waals surface area contributed by atoms with Gasteiger partial charge in [0.15, 0.2) is 5.96 Å². The molecule has 0 aliphatic carbocycles. The monoisotopic (exact) mass is 408 g/mol. The van der Waals surface area contributed by atoms with E-state index in [9.17, 15) is 4.39 Å². The number of nitrogens with zero attached hydrogens (tertiary/aromatic N) is 2. The molecule has 2 N–H and O–H groups in total. The van der Waals surface area contributed by atoms with Gasteiger partial charge in [-0.05, 0) is 51.7 Å². The molecule has 0 aliphatic rings. The molecule has 4 nitrogen and oxygen atoms in total. The Morgan fingerprint density at radius 1 is 1.19 bits per heavy atom. The number of hydrogen-bond acceptors (Lipinski definition) is 2. The van der Waals surface area contributed by atoms with Gasteiger partial charge in [0.1, 0.15) is 5.82 Å². The SMILES string of the molecule is CCNC(=NCc1ccc(F)cc1)NCCCN(C)C.I. The molecule has 0 amide bonds. The van der Waals surface area contributed by atoms with Crippen molar-refractivity contribution < 1.29 is 4.39 Å². The van der Waals surface area contributed by atoms with E-state index in [0.29, 0.717) is 6.54 Å². The van der Waals surface area contributed by atoms with Crippen LogP contribution in [0.15, 0.2) is 29.3 Å². The lowest BCUT2D eigenvalue weighted by atomic mass is 10.2. The van der Waals surface area contributed by atoms with Crippen molar-refractivity contribution in [1.29, 1.82) is 0 Å². The van der Waals surface area contributed by atoms with Crippen molar-refractivity contribution >= 4 is 29.9 Å². The Morgan fingerprint density at radius 3 is 2.43 bits per heavy atom. The van der Waals surface area contributed by atoms with E-state index in [1.165, 1.54) is 12.1 Å². The zero-order chi connectivity index (χ0) is 14.8. The number of guanidine groups is 1. The van der Waals surface area contributed by atoms with Crippen molar-refractivity contribution in [3.05, 3.63) is 35.6 Å². The van der Waals surface area contributed by atoms with Crippen LogP contribution in [0.1, 0.15) is 18.9 Å². The number of benzene rings is 1. The summed E-state index contributed by atoms with van der Waals surface area (Å²) in [5.41, 5.74) is 0.997. The molecule has 0 radical (unpaired) electrons. The Bertz CT molecular complexity index is 407. The van der Waals surface area contributed by atoms with Crippen LogP contribution in [-0.4, -0.2) is 44.6 Å². The average molecular weight is 408 g/mol. The third kappa shape index (κ3) is 9.62. The summed E-state index contributed by atoms with van der Waals surface area (Å²) >= 11 is 0. The summed E-state index contributed by atoms with van der Waals surface area (Å²) in [6.07, 6.45) is 1.06. The number of aliphatic imine (C=N–C) groups is 1. The highest BCUT2D eigenvalue weighted by molar-refractivity contribution is 14.0. The van der Waals surface area contributed by atoms with Crippen molar-refractivity contribution in [3.63, 3.8) is 0 Å². The summed E-state index contributed by atoms with van der Waals surface area (Å²) in [6, 6.07) is 6.44. The Labute approximate surface area is 144 Å². The molecule has 6 heteroatoms. The van der Waals surface area contributed by atoms with Crippen molar-refractivity contribution in [2.75, 3.05) is 33.7 Å². The molecule has 0 atom stereocenters. The normalized spacial score (nSPS) is 11.2. The highest BCUT2D eigenvalue weighted by Crippen LogP contribution is 2.03. The Hall–Kier alpha value is -0.890. The van der Waals surface area contributed by atoms with Crippen LogP contribution in [0.25, 0.3) is 0 Å². The Balaban J connectivity index is 0.00000400. The van der Waals surface area contributed by atoms with E-state index < -0.39 is 0 Å². The molecular weight excluding hydrogens is 382 g/mol. The van der Waals surface area contributed by atoms with E-state index >= 15 is 0 Å². The van der Waals surface area contributed by atoms with Crippen LogP contribution in [0, 0.1) is 5.82 Å². The van der Waals surface area contributed by atoms with E-state index in [1.54, 1.807) is 12.1 Å². The molecular formula is C15H26FIN4. The molecule has 0 saturated carbocycles. The molecule has 0 heterocycles. The van der Waals surface area contributed by atoms with Gasteiger partial charge in [-0.2, -0.15) is 0 Å². The second-order valence-electron chi connectivity index (χ2n) is 4.91. The molecule has 0 aromatic heterocycles. The maximum Gasteiger partial charge on any atom is 0.191 e. The van der Waals surface area contributed by atoms with Gasteiger partial charge in [0.05, 0.1) is 6.54 Å². The largest absolute Gasteiger partial charge is 0.357 e. The van der Waals surface area contributed by atoms with Crippen LogP contribution >= 0.6 is 24.0 Å². The highest BCUT2D eigenvalue weighted by atomic mass is 127. The fourth-order valence-corrected chi connectivity index (χ4v) is 1.70. The van der Waals surface area contributed by atoms with Crippen LogP contribution in [-0.2, 0) is 6.54 Å². The molecule has 21 heavy (non-hydrogen) atoms. The summed E-state index contributed by atoms with van der Waals surface area (Å²) in [5.74, 6) is 0.585. The average Bonchev–Trinajstić information content (AvgIpc) is 2.42. The van der Waals surface area contributed by atoms with Gasteiger partial charge in [-0.3, -0.25) is 0 Å². The van der Waals surface area contributed by atoms with Gasteiger partial charge < -0.3 is 15.5 Å². The first-order valence-corrected chi connectivity index (χ1v) is 7.03. The first-order valence-electron chi connectivity index (χ1n) is 7.03. The maximum atomic E-state index is 12.8. The summed E-state index contributed by atoms with van der Waals surface area (Å²) in [5, 5.41) is 6.50. The van der Waals surface area contributed by atoms with Crippen LogP contribution in [0.4, 0.5) is 4.39 Å². The van der Waals surface area contributed by atoms with Gasteiger partial charge in [0.25, 0.3) is 0 Å². The molecule has 1 aromatic rings. The van der Waals surface area contributed by atoms with Gasteiger partial charge in [-0.25, -0.2) is 9.38 Å². The van der Waals surface area contributed by atoms with Crippen LogP contribution in [0.5, 0.6) is 0 Å². The first-order chi connectivity index (χ1) is 9.61. The Kier molecular flexibility index (Phi) is 11.2. The maximum absolute atomic E-state index is 12.8. The molecule has 0 aliphatic heterocycles. The van der Waals surface area contributed by atoms with Gasteiger partial charge in [0.2, 0.25) is 0 Å². The van der Waals surface area contributed by atoms with E-state index in [0.717, 1.165) is 37.6 Å². The van der Waals surface area contributed by atoms with Gasteiger partial charge in [-0.15, -0.1) is 24.0 Å². The third-order valence-corrected chi connectivity index (χ3v) is 2.75. The third-order valence-electron chi connectivity index (χ3n) is 2.75. The molecule has 0 saturated heterocycles. The number of nitrogens with one attached hydrogen (secondary N) is 2. The van der Waals surface area contributed by atoms with Crippen molar-refractivity contribution in [1.82, 2.24) is 15.5 Å². The Morgan fingerprint density at radius 2 is 1.86 bits per heavy atom. The lowest BCUT2D eigenvalue weighted by molar-refractivity contribution is 0.399. The second kappa shape index (κ2) is 11.7. The fourth-order valence-electron chi connectivity index (χ4n) is 1.70. The summed E-state index contributed by atoms with van der Waals surface area (Å²) in [6.45, 7) is 5.33. The van der Waals surface area contributed by atoms with Crippen molar-refractivity contribution in [2.45, 2.75) is 19.9 Å². The first kappa shape index (κ1) is 20.1. The lowest BCUT2D eigenvalue weighted by Crippen LogP contribution is -2.38. The summed E-state index contributed by atoms with van der Waals surface area (Å²) < 4.78 is 12.8. The minimum absolute atomic E-state index is 0. The summed E-state index contributed by atoms with van der Waals surface area (Å²) in [7, 11) is 4.13. The van der Waals surface area contributed by atoms with E-state index in [-0.39, 0.29) is 29.8 Å². The molecule has 1 rings (SSSR count). The van der Waals surface area contributed by atoms with E-state index in [1.807, 2.05) is 6.92 Å². The number of halogens is 2.